The van der Waals surface area contributed by atoms with Gasteiger partial charge in [0.2, 0.25) is 5.91 Å². The highest BCUT2D eigenvalue weighted by Gasteiger charge is 2.27. The first-order chi connectivity index (χ1) is 16.3. The maximum atomic E-state index is 12.9. The van der Waals surface area contributed by atoms with Crippen molar-refractivity contribution in [1.29, 1.82) is 0 Å². The molecule has 34 heavy (non-hydrogen) atoms. The van der Waals surface area contributed by atoms with Gasteiger partial charge >= 0.3 is 0 Å². The minimum atomic E-state index is -0.415. The van der Waals surface area contributed by atoms with Crippen LogP contribution < -0.4 is 10.6 Å². The number of halogens is 2. The number of nitrogens with one attached hydrogen (secondary N) is 2. The van der Waals surface area contributed by atoms with Crippen LogP contribution in [-0.2, 0) is 11.3 Å². The number of aromatic nitrogens is 3. The highest BCUT2D eigenvalue weighted by atomic mass is 79.9. The molecule has 3 aromatic rings. The van der Waals surface area contributed by atoms with Crippen molar-refractivity contribution in [3.05, 3.63) is 82.1 Å². The first kappa shape index (κ1) is 26.0. The maximum Gasteiger partial charge on any atom is 0.253 e. The predicted molar refractivity (Wildman–Crippen MR) is 140 cm³/mol. The third-order valence-corrected chi connectivity index (χ3v) is 6.69. The Labute approximate surface area is 216 Å². The summed E-state index contributed by atoms with van der Waals surface area (Å²) in [5.41, 5.74) is 1.10. The minimum Gasteiger partial charge on any atom is -0.342 e. The van der Waals surface area contributed by atoms with Crippen molar-refractivity contribution in [3.8, 4) is 0 Å². The normalized spacial score (nSPS) is 11.8. The Kier molecular flexibility index (Phi) is 9.32. The van der Waals surface area contributed by atoms with Gasteiger partial charge < -0.3 is 15.2 Å². The number of anilines is 1. The summed E-state index contributed by atoms with van der Waals surface area (Å²) in [6, 6.07) is 13.8. The molecule has 0 aliphatic rings. The quantitative estimate of drug-likeness (QED) is 0.243. The standard InChI is InChI=1S/C24H25BrClN5O2S/c1-4-13-31-22(21(15(2)3)28-23(33)18-7-5-6-8-19(18)26)29-30-24(31)34-14-20(32)27-17-11-9-16(25)10-12-17/h4-12,15,21H,1,13-14H2,2-3H3,(H,27,32)(H,28,33). The lowest BCUT2D eigenvalue weighted by Crippen LogP contribution is -2.34. The van der Waals surface area contributed by atoms with E-state index in [1.54, 1.807) is 30.3 Å². The molecular weight excluding hydrogens is 538 g/mol. The van der Waals surface area contributed by atoms with E-state index in [1.807, 2.05) is 42.7 Å². The van der Waals surface area contributed by atoms with Crippen molar-refractivity contribution >= 4 is 56.8 Å². The Morgan fingerprint density at radius 3 is 2.53 bits per heavy atom. The lowest BCUT2D eigenvalue weighted by Gasteiger charge is -2.23. The maximum absolute atomic E-state index is 12.9. The van der Waals surface area contributed by atoms with Crippen LogP contribution in [0.2, 0.25) is 5.02 Å². The summed E-state index contributed by atoms with van der Waals surface area (Å²) in [6.07, 6.45) is 1.73. The molecule has 10 heteroatoms. The second-order valence-corrected chi connectivity index (χ2v) is 10.0. The molecule has 2 N–H and O–H groups in total. The lowest BCUT2D eigenvalue weighted by molar-refractivity contribution is -0.113. The van der Waals surface area contributed by atoms with Gasteiger partial charge in [0.1, 0.15) is 0 Å². The van der Waals surface area contributed by atoms with Crippen molar-refractivity contribution in [2.45, 2.75) is 31.6 Å². The molecule has 0 saturated heterocycles. The molecule has 0 radical (unpaired) electrons. The lowest BCUT2D eigenvalue weighted by atomic mass is 10.0. The SMILES string of the molecule is C=CCn1c(SCC(=O)Nc2ccc(Br)cc2)nnc1C(NC(=O)c1ccccc1Cl)C(C)C. The summed E-state index contributed by atoms with van der Waals surface area (Å²) in [5.74, 6) is 0.322. The molecule has 0 fully saturated rings. The second kappa shape index (κ2) is 12.2. The van der Waals surface area contributed by atoms with Gasteiger partial charge in [-0.2, -0.15) is 0 Å². The van der Waals surface area contributed by atoms with Crippen molar-refractivity contribution in [2.24, 2.45) is 5.92 Å². The molecule has 178 valence electrons. The van der Waals surface area contributed by atoms with E-state index in [9.17, 15) is 9.59 Å². The van der Waals surface area contributed by atoms with E-state index in [1.165, 1.54) is 11.8 Å². The first-order valence-corrected chi connectivity index (χ1v) is 12.7. The zero-order chi connectivity index (χ0) is 24.7. The molecular formula is C24H25BrClN5O2S. The third-order valence-electron chi connectivity index (χ3n) is 4.87. The van der Waals surface area contributed by atoms with Crippen molar-refractivity contribution in [1.82, 2.24) is 20.1 Å². The van der Waals surface area contributed by atoms with E-state index < -0.39 is 6.04 Å². The number of hydrogen-bond donors (Lipinski definition) is 2. The first-order valence-electron chi connectivity index (χ1n) is 10.6. The predicted octanol–water partition coefficient (Wildman–Crippen LogP) is 5.74. The van der Waals surface area contributed by atoms with Crippen LogP contribution in [0.25, 0.3) is 0 Å². The minimum absolute atomic E-state index is 0.0257. The van der Waals surface area contributed by atoms with E-state index in [4.69, 9.17) is 11.6 Å². The van der Waals surface area contributed by atoms with Gasteiger partial charge in [-0.05, 0) is 42.3 Å². The van der Waals surface area contributed by atoms with Gasteiger partial charge in [0.05, 0.1) is 22.4 Å². The molecule has 0 spiro atoms. The summed E-state index contributed by atoms with van der Waals surface area (Å²) in [5, 5.41) is 15.5. The summed E-state index contributed by atoms with van der Waals surface area (Å²) in [4.78, 5) is 25.3. The van der Waals surface area contributed by atoms with E-state index in [0.29, 0.717) is 33.8 Å². The largest absolute Gasteiger partial charge is 0.342 e. The number of benzene rings is 2. The van der Waals surface area contributed by atoms with Gasteiger partial charge in [-0.15, -0.1) is 16.8 Å². The Bertz CT molecular complexity index is 1170. The van der Waals surface area contributed by atoms with E-state index in [-0.39, 0.29) is 23.5 Å². The van der Waals surface area contributed by atoms with Crippen LogP contribution in [0.15, 0.2) is 70.8 Å². The average Bonchev–Trinajstić information content (AvgIpc) is 3.20. The molecule has 1 aromatic heterocycles. The monoisotopic (exact) mass is 561 g/mol. The Morgan fingerprint density at radius 1 is 1.18 bits per heavy atom. The molecule has 2 amide bonds. The van der Waals surface area contributed by atoms with Crippen LogP contribution >= 0.6 is 39.3 Å². The topological polar surface area (TPSA) is 88.9 Å². The fourth-order valence-corrected chi connectivity index (χ4v) is 4.43. The number of rotatable bonds is 10. The van der Waals surface area contributed by atoms with Crippen LogP contribution in [0.4, 0.5) is 5.69 Å². The van der Waals surface area contributed by atoms with Crippen LogP contribution in [-0.4, -0.2) is 32.3 Å². The molecule has 0 bridgehead atoms. The molecule has 1 unspecified atom stereocenters. The highest BCUT2D eigenvalue weighted by Crippen LogP contribution is 2.26. The molecule has 0 saturated carbocycles. The van der Waals surface area contributed by atoms with Crippen molar-refractivity contribution in [2.75, 3.05) is 11.1 Å². The van der Waals surface area contributed by atoms with Gasteiger partial charge in [0.25, 0.3) is 5.91 Å². The highest BCUT2D eigenvalue weighted by molar-refractivity contribution is 9.10. The van der Waals surface area contributed by atoms with E-state index >= 15 is 0 Å². The Morgan fingerprint density at radius 2 is 1.88 bits per heavy atom. The number of allylic oxidation sites excluding steroid dienone is 1. The number of thioether (sulfide) groups is 1. The fourth-order valence-electron chi connectivity index (χ4n) is 3.19. The summed E-state index contributed by atoms with van der Waals surface area (Å²) < 4.78 is 2.80. The zero-order valence-electron chi connectivity index (χ0n) is 18.8. The van der Waals surface area contributed by atoms with Gasteiger partial charge in [-0.3, -0.25) is 9.59 Å². The summed E-state index contributed by atoms with van der Waals surface area (Å²) in [6.45, 7) is 8.24. The van der Waals surface area contributed by atoms with Crippen molar-refractivity contribution in [3.63, 3.8) is 0 Å². The molecule has 0 aliphatic heterocycles. The van der Waals surface area contributed by atoms with Gasteiger partial charge in [-0.25, -0.2) is 0 Å². The van der Waals surface area contributed by atoms with Crippen LogP contribution in [0.5, 0.6) is 0 Å². The van der Waals surface area contributed by atoms with Crippen LogP contribution in [0.1, 0.15) is 36.1 Å². The fraction of sp³-hybridized carbons (Fsp3) is 0.250. The summed E-state index contributed by atoms with van der Waals surface area (Å²) >= 11 is 10.8. The van der Waals surface area contributed by atoms with Crippen LogP contribution in [0.3, 0.4) is 0 Å². The molecule has 0 aliphatic carbocycles. The molecule has 7 nitrogen and oxygen atoms in total. The van der Waals surface area contributed by atoms with Gasteiger partial charge in [-0.1, -0.05) is 71.3 Å². The molecule has 1 atom stereocenters. The molecule has 2 aromatic carbocycles. The third kappa shape index (κ3) is 6.71. The number of hydrogen-bond acceptors (Lipinski definition) is 5. The van der Waals surface area contributed by atoms with Crippen LogP contribution in [0, 0.1) is 5.92 Å². The van der Waals surface area contributed by atoms with Gasteiger partial charge in [0.15, 0.2) is 11.0 Å². The van der Waals surface area contributed by atoms with Gasteiger partial charge in [0, 0.05) is 16.7 Å². The van der Waals surface area contributed by atoms with E-state index in [2.05, 4.69) is 43.3 Å². The number of carbonyl (C=O) groups is 2. The second-order valence-electron chi connectivity index (χ2n) is 7.76. The number of nitrogens with zero attached hydrogens (tertiary/aromatic N) is 3. The van der Waals surface area contributed by atoms with Crippen molar-refractivity contribution < 1.29 is 9.59 Å². The molecule has 3 rings (SSSR count). The number of carbonyl (C=O) groups excluding carboxylic acids is 2. The number of amides is 2. The zero-order valence-corrected chi connectivity index (χ0v) is 22.0. The average molecular weight is 563 g/mol. The summed E-state index contributed by atoms with van der Waals surface area (Å²) in [7, 11) is 0. The Hall–Kier alpha value is -2.62. The molecule has 1 heterocycles. The smallest absolute Gasteiger partial charge is 0.253 e. The Balaban J connectivity index is 1.75. The van der Waals surface area contributed by atoms with E-state index in [0.717, 1.165) is 4.47 Å².